The van der Waals surface area contributed by atoms with Crippen LogP contribution in [0.1, 0.15) is 19.4 Å². The van der Waals surface area contributed by atoms with Crippen molar-refractivity contribution in [2.75, 3.05) is 33.0 Å². The number of aliphatic carboxylic acids is 1. The van der Waals surface area contributed by atoms with E-state index in [2.05, 4.69) is 4.90 Å². The molecule has 1 saturated carbocycles. The predicted molar refractivity (Wildman–Crippen MR) is 92.8 cm³/mol. The van der Waals surface area contributed by atoms with Gasteiger partial charge in [0.25, 0.3) is 0 Å². The molecule has 0 unspecified atom stereocenters. The number of rotatable bonds is 4. The van der Waals surface area contributed by atoms with Crippen LogP contribution >= 0.6 is 0 Å². The summed E-state index contributed by atoms with van der Waals surface area (Å²) in [5.74, 6) is -0.252. The number of carboxylic acids is 1. The third-order valence-corrected chi connectivity index (χ3v) is 5.89. The Hall–Kier alpha value is -2.28. The summed E-state index contributed by atoms with van der Waals surface area (Å²) in [5, 5.41) is 9.28. The van der Waals surface area contributed by atoms with Crippen molar-refractivity contribution in [3.8, 4) is 11.5 Å². The molecule has 1 saturated heterocycles. The van der Waals surface area contributed by atoms with Crippen molar-refractivity contribution in [2.24, 2.45) is 17.3 Å². The molecule has 140 valence electrons. The van der Waals surface area contributed by atoms with Crippen molar-refractivity contribution < 1.29 is 24.2 Å². The first-order valence-electron chi connectivity index (χ1n) is 9.00. The van der Waals surface area contributed by atoms with Crippen LogP contribution < -0.4 is 9.47 Å². The Labute approximate surface area is 152 Å². The van der Waals surface area contributed by atoms with Crippen LogP contribution in [0.15, 0.2) is 18.2 Å². The van der Waals surface area contributed by atoms with Crippen LogP contribution in [0.5, 0.6) is 11.5 Å². The van der Waals surface area contributed by atoms with Crippen LogP contribution in [0.2, 0.25) is 0 Å². The second-order valence-corrected chi connectivity index (χ2v) is 7.90. The largest absolute Gasteiger partial charge is 0.481 e. The molecule has 0 bridgehead atoms. The molecule has 0 aromatic heterocycles. The van der Waals surface area contributed by atoms with E-state index in [1.54, 1.807) is 0 Å². The lowest BCUT2D eigenvalue weighted by Gasteiger charge is -2.35. The van der Waals surface area contributed by atoms with Crippen molar-refractivity contribution in [1.29, 1.82) is 0 Å². The fourth-order valence-electron chi connectivity index (χ4n) is 4.18. The lowest BCUT2D eigenvalue weighted by atomic mass is 10.1. The zero-order valence-electron chi connectivity index (χ0n) is 15.1. The van der Waals surface area contributed by atoms with Crippen molar-refractivity contribution in [1.82, 2.24) is 9.80 Å². The molecule has 4 rings (SSSR count). The Morgan fingerprint density at radius 1 is 1.12 bits per heavy atom. The number of amides is 1. The van der Waals surface area contributed by atoms with Crippen LogP contribution in [-0.2, 0) is 16.1 Å². The highest BCUT2D eigenvalue weighted by molar-refractivity contribution is 5.91. The average molecular weight is 360 g/mol. The number of hydrogen-bond acceptors (Lipinski definition) is 5. The molecule has 7 heteroatoms. The molecule has 2 atom stereocenters. The third kappa shape index (κ3) is 2.90. The Morgan fingerprint density at radius 3 is 2.46 bits per heavy atom. The van der Waals surface area contributed by atoms with E-state index in [0.717, 1.165) is 36.7 Å². The van der Waals surface area contributed by atoms with Crippen LogP contribution in [0, 0.1) is 17.3 Å². The number of carbonyl (C=O) groups is 2. The average Bonchev–Trinajstić information content (AvgIpc) is 2.95. The zero-order chi connectivity index (χ0) is 18.5. The lowest BCUT2D eigenvalue weighted by Crippen LogP contribution is -2.49. The molecule has 1 aromatic carbocycles. The van der Waals surface area contributed by atoms with Crippen LogP contribution in [0.3, 0.4) is 0 Å². The molecule has 1 N–H and O–H groups in total. The summed E-state index contributed by atoms with van der Waals surface area (Å²) < 4.78 is 10.7. The monoisotopic (exact) mass is 360 g/mol. The van der Waals surface area contributed by atoms with Crippen LogP contribution in [-0.4, -0.2) is 59.8 Å². The molecular weight excluding hydrogens is 336 g/mol. The van der Waals surface area contributed by atoms with Gasteiger partial charge in [-0.2, -0.15) is 0 Å². The van der Waals surface area contributed by atoms with Gasteiger partial charge in [-0.1, -0.05) is 19.9 Å². The van der Waals surface area contributed by atoms with Gasteiger partial charge in [-0.15, -0.1) is 0 Å². The van der Waals surface area contributed by atoms with E-state index in [9.17, 15) is 14.7 Å². The summed E-state index contributed by atoms with van der Waals surface area (Å²) in [5.41, 5.74) is 0.718. The summed E-state index contributed by atoms with van der Waals surface area (Å²) in [6.07, 6.45) is 0. The molecule has 1 aromatic rings. The summed E-state index contributed by atoms with van der Waals surface area (Å²) in [7, 11) is 0. The van der Waals surface area contributed by atoms with Gasteiger partial charge in [0.1, 0.15) is 0 Å². The van der Waals surface area contributed by atoms with Crippen molar-refractivity contribution in [2.45, 2.75) is 20.4 Å². The minimum atomic E-state index is -0.866. The number of fused-ring (bicyclic) bond motifs is 1. The van der Waals surface area contributed by atoms with Crippen LogP contribution in [0.25, 0.3) is 0 Å². The van der Waals surface area contributed by atoms with Crippen molar-refractivity contribution in [3.63, 3.8) is 0 Å². The number of ether oxygens (including phenoxy) is 2. The number of piperazine rings is 1. The molecule has 3 aliphatic rings. The Morgan fingerprint density at radius 2 is 1.81 bits per heavy atom. The molecule has 2 aliphatic heterocycles. The number of carbonyl (C=O) groups excluding carboxylic acids is 1. The van der Waals surface area contributed by atoms with E-state index >= 15 is 0 Å². The molecule has 1 aliphatic carbocycles. The van der Waals surface area contributed by atoms with E-state index in [0.29, 0.717) is 13.1 Å². The van der Waals surface area contributed by atoms with Gasteiger partial charge in [0.2, 0.25) is 12.7 Å². The second-order valence-electron chi connectivity index (χ2n) is 7.90. The SMILES string of the molecule is CC1(C)[C@H](C(=O)O)[C@H]1C(=O)N1CCN(Cc2ccc3c(c2)OCO3)CC1. The Kier molecular flexibility index (Phi) is 4.06. The van der Waals surface area contributed by atoms with E-state index in [1.165, 1.54) is 0 Å². The maximum absolute atomic E-state index is 12.7. The minimum absolute atomic E-state index is 0.00914. The first kappa shape index (κ1) is 17.1. The maximum atomic E-state index is 12.7. The topological polar surface area (TPSA) is 79.3 Å². The van der Waals surface area contributed by atoms with Gasteiger partial charge in [0.05, 0.1) is 11.8 Å². The van der Waals surface area contributed by atoms with Gasteiger partial charge in [-0.05, 0) is 23.1 Å². The molecule has 0 spiro atoms. The quantitative estimate of drug-likeness (QED) is 0.875. The molecule has 0 radical (unpaired) electrons. The van der Waals surface area contributed by atoms with Gasteiger partial charge in [0.15, 0.2) is 11.5 Å². The molecule has 1 amide bonds. The summed E-state index contributed by atoms with van der Waals surface area (Å²) in [6.45, 7) is 7.65. The Bertz CT molecular complexity index is 739. The van der Waals surface area contributed by atoms with E-state index in [1.807, 2.05) is 36.9 Å². The van der Waals surface area contributed by atoms with Gasteiger partial charge in [-0.3, -0.25) is 14.5 Å². The van der Waals surface area contributed by atoms with Gasteiger partial charge in [0, 0.05) is 32.7 Å². The smallest absolute Gasteiger partial charge is 0.307 e. The van der Waals surface area contributed by atoms with E-state index in [4.69, 9.17) is 9.47 Å². The van der Waals surface area contributed by atoms with Gasteiger partial charge in [-0.25, -0.2) is 0 Å². The standard InChI is InChI=1S/C19H24N2O5/c1-19(2)15(16(19)18(23)24)17(22)21-7-5-20(6-8-21)10-12-3-4-13-14(9-12)26-11-25-13/h3-4,9,15-16H,5-8,10-11H2,1-2H3,(H,23,24)/t15-,16-/m0/s1. The highest BCUT2D eigenvalue weighted by Crippen LogP contribution is 2.59. The van der Waals surface area contributed by atoms with Gasteiger partial charge >= 0.3 is 5.97 Å². The summed E-state index contributed by atoms with van der Waals surface area (Å²) in [4.78, 5) is 28.1. The number of hydrogen-bond donors (Lipinski definition) is 1. The number of carboxylic acid groups (broad SMARTS) is 1. The highest BCUT2D eigenvalue weighted by Gasteiger charge is 2.66. The molecule has 2 heterocycles. The molecule has 7 nitrogen and oxygen atoms in total. The number of nitrogens with zero attached hydrogens (tertiary/aromatic N) is 2. The normalized spacial score (nSPS) is 26.6. The zero-order valence-corrected chi connectivity index (χ0v) is 15.1. The fraction of sp³-hybridized carbons (Fsp3) is 0.579. The van der Waals surface area contributed by atoms with Crippen molar-refractivity contribution in [3.05, 3.63) is 23.8 Å². The first-order chi connectivity index (χ1) is 12.4. The van der Waals surface area contributed by atoms with E-state index in [-0.39, 0.29) is 18.6 Å². The first-order valence-corrected chi connectivity index (χ1v) is 9.00. The second kappa shape index (κ2) is 6.16. The molecule has 26 heavy (non-hydrogen) atoms. The van der Waals surface area contributed by atoms with E-state index < -0.39 is 17.3 Å². The maximum Gasteiger partial charge on any atom is 0.307 e. The minimum Gasteiger partial charge on any atom is -0.481 e. The lowest BCUT2D eigenvalue weighted by molar-refractivity contribution is -0.142. The molecule has 2 fully saturated rings. The van der Waals surface area contributed by atoms with Crippen LogP contribution in [0.4, 0.5) is 0 Å². The summed E-state index contributed by atoms with van der Waals surface area (Å²) >= 11 is 0. The summed E-state index contributed by atoms with van der Waals surface area (Å²) in [6, 6.07) is 5.97. The number of benzene rings is 1. The third-order valence-electron chi connectivity index (χ3n) is 5.89. The fourth-order valence-corrected chi connectivity index (χ4v) is 4.18. The predicted octanol–water partition coefficient (Wildman–Crippen LogP) is 1.42. The highest BCUT2D eigenvalue weighted by atomic mass is 16.7. The molecular formula is C19H24N2O5. The Balaban J connectivity index is 1.32. The van der Waals surface area contributed by atoms with Crippen molar-refractivity contribution >= 4 is 11.9 Å². The van der Waals surface area contributed by atoms with Gasteiger partial charge < -0.3 is 19.5 Å².